The number of nitrogens with one attached hydrogen (secondary N) is 2. The van der Waals surface area contributed by atoms with Gasteiger partial charge in [0.1, 0.15) is 6.04 Å². The van der Waals surface area contributed by atoms with Gasteiger partial charge >= 0.3 is 5.97 Å². The maximum absolute atomic E-state index is 12.8. The second-order valence-electron chi connectivity index (χ2n) is 6.75. The van der Waals surface area contributed by atoms with Gasteiger partial charge < -0.3 is 20.2 Å². The molecule has 7 heteroatoms. The highest BCUT2D eigenvalue weighted by atomic mass is 16.4. The Morgan fingerprint density at radius 1 is 1.11 bits per heavy atom. The summed E-state index contributed by atoms with van der Waals surface area (Å²) in [4.78, 5) is 36.2. The molecule has 0 bridgehead atoms. The molecule has 2 aromatic rings. The van der Waals surface area contributed by atoms with Crippen LogP contribution in [0.3, 0.4) is 0 Å². The number of carbonyl (C=O) groups excluding carboxylic acids is 2. The maximum Gasteiger partial charge on any atom is 0.306 e. The lowest BCUT2D eigenvalue weighted by atomic mass is 10.0. The number of hydrogen-bond acceptors (Lipinski definition) is 4. The first-order chi connectivity index (χ1) is 13.0. The number of benzene rings is 1. The van der Waals surface area contributed by atoms with Crippen LogP contribution in [-0.4, -0.2) is 35.0 Å². The topological polar surface area (TPSA) is 109 Å². The lowest BCUT2D eigenvalue weighted by Gasteiger charge is -2.21. The van der Waals surface area contributed by atoms with E-state index in [1.807, 2.05) is 30.3 Å². The van der Waals surface area contributed by atoms with E-state index in [2.05, 4.69) is 10.6 Å². The standard InChI is InChI=1S/C20H22N2O5/c23-18(21-15-9-8-14(12-15)20(25)26)16(11-13-5-2-1-3-6-13)22-19(24)17-7-4-10-27-17/h1-7,10,14-16H,8-9,11-12H2,(H,21,23)(H,22,24)(H,25,26)/t14-,15+,16?/m0/s1. The molecular formula is C20H22N2O5. The molecule has 3 rings (SSSR count). The lowest BCUT2D eigenvalue weighted by molar-refractivity contribution is -0.141. The number of carboxylic acid groups (broad SMARTS) is 1. The lowest BCUT2D eigenvalue weighted by Crippen LogP contribution is -2.50. The van der Waals surface area contributed by atoms with Crippen LogP contribution < -0.4 is 10.6 Å². The summed E-state index contributed by atoms with van der Waals surface area (Å²) < 4.78 is 5.09. The van der Waals surface area contributed by atoms with E-state index in [0.717, 1.165) is 5.56 Å². The Balaban J connectivity index is 1.67. The minimum Gasteiger partial charge on any atom is -0.481 e. The van der Waals surface area contributed by atoms with Gasteiger partial charge in [0.15, 0.2) is 5.76 Å². The smallest absolute Gasteiger partial charge is 0.306 e. The fraction of sp³-hybridized carbons (Fsp3) is 0.350. The number of amides is 2. The molecule has 1 fully saturated rings. The average molecular weight is 370 g/mol. The first-order valence-corrected chi connectivity index (χ1v) is 8.94. The quantitative estimate of drug-likeness (QED) is 0.691. The Kier molecular flexibility index (Phi) is 5.90. The SMILES string of the molecule is O=C(NC(Cc1ccccc1)C(=O)N[C@@H]1CC[C@H](C(=O)O)C1)c1ccco1. The molecule has 7 nitrogen and oxygen atoms in total. The van der Waals surface area contributed by atoms with Gasteiger partial charge in [0.05, 0.1) is 12.2 Å². The monoisotopic (exact) mass is 370 g/mol. The van der Waals surface area contributed by atoms with Gasteiger partial charge in [-0.25, -0.2) is 0 Å². The molecule has 3 atom stereocenters. The van der Waals surface area contributed by atoms with Gasteiger partial charge in [-0.2, -0.15) is 0 Å². The summed E-state index contributed by atoms with van der Waals surface area (Å²) in [6.45, 7) is 0. The van der Waals surface area contributed by atoms with Crippen molar-refractivity contribution in [2.24, 2.45) is 5.92 Å². The Labute approximate surface area is 156 Å². The Morgan fingerprint density at radius 2 is 1.89 bits per heavy atom. The fourth-order valence-electron chi connectivity index (χ4n) is 3.33. The molecule has 1 saturated carbocycles. The van der Waals surface area contributed by atoms with Crippen LogP contribution >= 0.6 is 0 Å². The zero-order valence-corrected chi connectivity index (χ0v) is 14.8. The minimum atomic E-state index is -0.835. The van der Waals surface area contributed by atoms with Crippen LogP contribution in [0, 0.1) is 5.92 Å². The van der Waals surface area contributed by atoms with E-state index >= 15 is 0 Å². The molecule has 0 radical (unpaired) electrons. The molecule has 0 saturated heterocycles. The molecular weight excluding hydrogens is 348 g/mol. The van der Waals surface area contributed by atoms with Crippen LogP contribution in [0.1, 0.15) is 35.4 Å². The Morgan fingerprint density at radius 3 is 2.52 bits per heavy atom. The van der Waals surface area contributed by atoms with Gasteiger partial charge in [-0.1, -0.05) is 30.3 Å². The average Bonchev–Trinajstić information content (AvgIpc) is 3.34. The van der Waals surface area contributed by atoms with Crippen molar-refractivity contribution in [1.82, 2.24) is 10.6 Å². The van der Waals surface area contributed by atoms with Crippen molar-refractivity contribution in [2.45, 2.75) is 37.8 Å². The zero-order valence-electron chi connectivity index (χ0n) is 14.8. The van der Waals surface area contributed by atoms with Crippen LogP contribution in [0.15, 0.2) is 53.1 Å². The molecule has 2 amide bonds. The zero-order chi connectivity index (χ0) is 19.2. The number of aliphatic carboxylic acids is 1. The molecule has 1 heterocycles. The fourth-order valence-corrected chi connectivity index (χ4v) is 3.33. The van der Waals surface area contributed by atoms with Gasteiger partial charge in [-0.05, 0) is 37.0 Å². The third-order valence-corrected chi connectivity index (χ3v) is 4.78. The Bertz CT molecular complexity index is 788. The van der Waals surface area contributed by atoms with E-state index < -0.39 is 23.8 Å². The van der Waals surface area contributed by atoms with Gasteiger partial charge in [0.2, 0.25) is 5.91 Å². The van der Waals surface area contributed by atoms with Gasteiger partial charge in [0, 0.05) is 12.5 Å². The van der Waals surface area contributed by atoms with Gasteiger partial charge in [0.25, 0.3) is 5.91 Å². The van der Waals surface area contributed by atoms with E-state index in [-0.39, 0.29) is 17.7 Å². The molecule has 142 valence electrons. The largest absolute Gasteiger partial charge is 0.481 e. The molecule has 1 unspecified atom stereocenters. The van der Waals surface area contributed by atoms with Gasteiger partial charge in [-0.15, -0.1) is 0 Å². The third kappa shape index (κ3) is 4.97. The highest BCUT2D eigenvalue weighted by Crippen LogP contribution is 2.25. The van der Waals surface area contributed by atoms with E-state index in [9.17, 15) is 14.4 Å². The molecule has 1 aliphatic carbocycles. The predicted octanol–water partition coefficient (Wildman–Crippen LogP) is 1.99. The summed E-state index contributed by atoms with van der Waals surface area (Å²) in [5.74, 6) is -1.92. The molecule has 27 heavy (non-hydrogen) atoms. The highest BCUT2D eigenvalue weighted by Gasteiger charge is 2.32. The molecule has 1 aromatic carbocycles. The molecule has 1 aromatic heterocycles. The summed E-state index contributed by atoms with van der Waals surface area (Å²) in [6.07, 6.45) is 3.29. The van der Waals surface area contributed by atoms with Crippen molar-refractivity contribution >= 4 is 17.8 Å². The predicted molar refractivity (Wildman–Crippen MR) is 97.0 cm³/mol. The van der Waals surface area contributed by atoms with Crippen LogP contribution in [0.2, 0.25) is 0 Å². The first-order valence-electron chi connectivity index (χ1n) is 8.94. The summed E-state index contributed by atoms with van der Waals surface area (Å²) in [5.41, 5.74) is 0.909. The van der Waals surface area contributed by atoms with Crippen molar-refractivity contribution in [3.63, 3.8) is 0 Å². The van der Waals surface area contributed by atoms with E-state index in [1.165, 1.54) is 12.3 Å². The van der Waals surface area contributed by atoms with Crippen molar-refractivity contribution in [1.29, 1.82) is 0 Å². The second-order valence-corrected chi connectivity index (χ2v) is 6.75. The third-order valence-electron chi connectivity index (χ3n) is 4.78. The van der Waals surface area contributed by atoms with Crippen molar-refractivity contribution in [3.8, 4) is 0 Å². The summed E-state index contributed by atoms with van der Waals surface area (Å²) >= 11 is 0. The number of carboxylic acids is 1. The minimum absolute atomic E-state index is 0.132. The van der Waals surface area contributed by atoms with Crippen molar-refractivity contribution < 1.29 is 23.9 Å². The molecule has 0 aliphatic heterocycles. The Hall–Kier alpha value is -3.09. The summed E-state index contributed by atoms with van der Waals surface area (Å²) in [5, 5.41) is 14.7. The number of furan rings is 1. The number of carbonyl (C=O) groups is 3. The van der Waals surface area contributed by atoms with Crippen molar-refractivity contribution in [3.05, 3.63) is 60.1 Å². The second kappa shape index (κ2) is 8.53. The number of rotatable bonds is 7. The normalized spacial score (nSPS) is 20.0. The van der Waals surface area contributed by atoms with E-state index in [0.29, 0.717) is 25.7 Å². The van der Waals surface area contributed by atoms with Crippen LogP contribution in [0.4, 0.5) is 0 Å². The number of hydrogen-bond donors (Lipinski definition) is 3. The highest BCUT2D eigenvalue weighted by molar-refractivity contribution is 5.95. The van der Waals surface area contributed by atoms with E-state index in [4.69, 9.17) is 9.52 Å². The summed E-state index contributed by atoms with van der Waals surface area (Å²) in [6, 6.07) is 11.5. The maximum atomic E-state index is 12.8. The molecule has 0 spiro atoms. The van der Waals surface area contributed by atoms with E-state index in [1.54, 1.807) is 6.07 Å². The summed E-state index contributed by atoms with van der Waals surface area (Å²) in [7, 11) is 0. The van der Waals surface area contributed by atoms with Crippen LogP contribution in [0.25, 0.3) is 0 Å². The first kappa shape index (κ1) is 18.7. The van der Waals surface area contributed by atoms with Gasteiger partial charge in [-0.3, -0.25) is 14.4 Å². The van der Waals surface area contributed by atoms with Crippen molar-refractivity contribution in [2.75, 3.05) is 0 Å². The molecule has 1 aliphatic rings. The van der Waals surface area contributed by atoms with Crippen LogP contribution in [0.5, 0.6) is 0 Å². The molecule has 3 N–H and O–H groups in total. The van der Waals surface area contributed by atoms with Crippen LogP contribution in [-0.2, 0) is 16.0 Å².